The van der Waals surface area contributed by atoms with Gasteiger partial charge in [0.1, 0.15) is 17.9 Å². The summed E-state index contributed by atoms with van der Waals surface area (Å²) in [5.41, 5.74) is 1.49. The number of amides is 5. The van der Waals surface area contributed by atoms with Crippen molar-refractivity contribution in [3.05, 3.63) is 65.7 Å². The molecule has 2 aromatic rings. The van der Waals surface area contributed by atoms with Gasteiger partial charge in [0.2, 0.25) is 29.4 Å². The van der Waals surface area contributed by atoms with E-state index in [0.29, 0.717) is 50.2 Å². The summed E-state index contributed by atoms with van der Waals surface area (Å²) in [5, 5.41) is 22.7. The normalized spacial score (nSPS) is 14.9. The molecule has 0 spiro atoms. The zero-order valence-corrected chi connectivity index (χ0v) is 40.4. The van der Waals surface area contributed by atoms with Crippen LogP contribution in [-0.2, 0) is 43.8 Å². The summed E-state index contributed by atoms with van der Waals surface area (Å²) in [5.74, 6) is -3.52. The zero-order valence-electron chi connectivity index (χ0n) is 39.3. The van der Waals surface area contributed by atoms with Crippen molar-refractivity contribution < 1.29 is 38.2 Å². The molecule has 1 fully saturated rings. The predicted octanol–water partition coefficient (Wildman–Crippen LogP) is 5.04. The molecule has 0 aliphatic carbocycles. The van der Waals surface area contributed by atoms with Gasteiger partial charge in [-0.05, 0) is 89.1 Å². The van der Waals surface area contributed by atoms with E-state index in [1.54, 1.807) is 18.7 Å². The Morgan fingerprint density at radius 1 is 0.984 bits per heavy atom. The molecule has 352 valence electrons. The molecule has 3 rings (SSSR count). The number of carbonyl (C=O) groups is 6. The van der Waals surface area contributed by atoms with Crippen LogP contribution in [0.15, 0.2) is 54.3 Å². The Bertz CT molecular complexity index is 1780. The maximum absolute atomic E-state index is 13.4. The lowest BCUT2D eigenvalue weighted by Gasteiger charge is -2.28. The van der Waals surface area contributed by atoms with E-state index in [1.165, 1.54) is 10.5 Å². The van der Waals surface area contributed by atoms with Crippen molar-refractivity contribution in [1.29, 1.82) is 0 Å². The second-order valence-corrected chi connectivity index (χ2v) is 16.4. The third-order valence-corrected chi connectivity index (χ3v) is 10.1. The van der Waals surface area contributed by atoms with Crippen LogP contribution in [0.2, 0.25) is 0 Å². The van der Waals surface area contributed by atoms with E-state index in [1.807, 2.05) is 84.9 Å². The van der Waals surface area contributed by atoms with Gasteiger partial charge in [0, 0.05) is 33.1 Å². The molecule has 3 unspecified atom stereocenters. The van der Waals surface area contributed by atoms with Gasteiger partial charge in [-0.25, -0.2) is 4.68 Å². The number of hydrogen-bond donors (Lipinski definition) is 4. The molecule has 1 aliphatic heterocycles. The molecule has 63 heavy (non-hydrogen) atoms. The minimum Gasteiger partial charge on any atom is -0.499 e. The Morgan fingerprint density at radius 2 is 1.67 bits per heavy atom. The number of carbonyl (C=O) groups excluding carboxylic acids is 6. The number of ether oxygens (including phenoxy) is 2. The van der Waals surface area contributed by atoms with Crippen molar-refractivity contribution in [3.63, 3.8) is 0 Å². The maximum Gasteiger partial charge on any atom is 0.290 e. The average Bonchev–Trinajstić information content (AvgIpc) is 3.97. The topological polar surface area (TPSA) is 216 Å². The summed E-state index contributed by atoms with van der Waals surface area (Å²) in [6.07, 6.45) is 7.23. The van der Waals surface area contributed by atoms with Gasteiger partial charge >= 0.3 is 0 Å². The van der Waals surface area contributed by atoms with Crippen LogP contribution in [-0.4, -0.2) is 112 Å². The Morgan fingerprint density at radius 3 is 2.25 bits per heavy atom. The summed E-state index contributed by atoms with van der Waals surface area (Å²) in [7, 11) is 4.02. The van der Waals surface area contributed by atoms with Crippen LogP contribution in [0.4, 0.5) is 0 Å². The van der Waals surface area contributed by atoms with E-state index in [2.05, 4.69) is 59.5 Å². The molecule has 1 aromatic heterocycles. The molecule has 1 saturated heterocycles. The predicted molar refractivity (Wildman–Crippen MR) is 247 cm³/mol. The van der Waals surface area contributed by atoms with Crippen LogP contribution in [0.5, 0.6) is 0 Å². The van der Waals surface area contributed by atoms with Crippen molar-refractivity contribution >= 4 is 44.6 Å². The molecule has 4 N–H and O–H groups in total. The van der Waals surface area contributed by atoms with Crippen LogP contribution >= 0.6 is 9.24 Å². The monoisotopic (exact) mass is 900 g/mol. The lowest BCUT2D eigenvalue weighted by molar-refractivity contribution is -0.142. The molecule has 17 nitrogen and oxygen atoms in total. The number of aromatic nitrogens is 4. The molecule has 0 radical (unpaired) electrons. The first kappa shape index (κ1) is 56.0. The van der Waals surface area contributed by atoms with Crippen molar-refractivity contribution in [2.75, 3.05) is 33.4 Å². The fraction of sp³-hybridized carbons (Fsp3) is 0.622. The molecule has 1 aliphatic rings. The third-order valence-electron chi connectivity index (χ3n) is 9.70. The van der Waals surface area contributed by atoms with E-state index >= 15 is 0 Å². The van der Waals surface area contributed by atoms with Gasteiger partial charge in [0.25, 0.3) is 5.91 Å². The fourth-order valence-corrected chi connectivity index (χ4v) is 6.85. The molecule has 18 heteroatoms. The van der Waals surface area contributed by atoms with E-state index in [-0.39, 0.29) is 18.7 Å². The van der Waals surface area contributed by atoms with Gasteiger partial charge in [-0.2, -0.15) is 0 Å². The molecule has 0 saturated carbocycles. The minimum absolute atomic E-state index is 0.172. The fourth-order valence-electron chi connectivity index (χ4n) is 6.48. The lowest BCUT2D eigenvalue weighted by Crippen LogP contribution is -2.55. The summed E-state index contributed by atoms with van der Waals surface area (Å²) in [4.78, 5) is 80.1. The number of hydrogen-bond acceptors (Lipinski definition) is 11. The average molecular weight is 900 g/mol. The number of Topliss-reactive ketones (excluding diaryl/α,β-unsaturated/α-hetero) is 1. The van der Waals surface area contributed by atoms with Crippen LogP contribution in [0.3, 0.4) is 0 Å². The smallest absolute Gasteiger partial charge is 0.290 e. The van der Waals surface area contributed by atoms with Crippen molar-refractivity contribution in [2.45, 2.75) is 150 Å². The number of benzene rings is 1. The molecular weight excluding hydrogens is 826 g/mol. The molecule has 5 amide bonds. The Hall–Kier alpha value is -5.02. The van der Waals surface area contributed by atoms with Gasteiger partial charge in [-0.15, -0.1) is 14.3 Å². The Labute approximate surface area is 376 Å². The number of allylic oxidation sites excluding steroid dienone is 3. The highest BCUT2D eigenvalue weighted by Gasteiger charge is 2.38. The quantitative estimate of drug-likeness (QED) is 0.0381. The number of nitrogens with zero attached hydrogens (tertiary/aromatic N) is 5. The van der Waals surface area contributed by atoms with Crippen LogP contribution in [0.1, 0.15) is 138 Å². The van der Waals surface area contributed by atoms with Gasteiger partial charge < -0.3 is 35.6 Å². The number of methoxy groups -OCH3 is 1. The molecular formula is C45H74N9O8P. The van der Waals surface area contributed by atoms with Crippen LogP contribution < -0.4 is 21.3 Å². The second kappa shape index (κ2) is 30.1. The maximum atomic E-state index is 13.4. The minimum atomic E-state index is -1.16. The Balaban J connectivity index is 0.00000160. The third kappa shape index (κ3) is 19.9. The summed E-state index contributed by atoms with van der Waals surface area (Å²) < 4.78 is 11.5. The number of rotatable bonds is 23. The summed E-state index contributed by atoms with van der Waals surface area (Å²) in [6, 6.07) is 6.33. The highest BCUT2D eigenvalue weighted by molar-refractivity contribution is 7.19. The highest BCUT2D eigenvalue weighted by Crippen LogP contribution is 2.24. The van der Waals surface area contributed by atoms with Crippen LogP contribution in [0.25, 0.3) is 0 Å². The van der Waals surface area contributed by atoms with Gasteiger partial charge in [0.05, 0.1) is 30.5 Å². The summed E-state index contributed by atoms with van der Waals surface area (Å²) in [6.45, 7) is 22.3. The van der Waals surface area contributed by atoms with E-state index in [9.17, 15) is 28.8 Å². The standard InChI is InChI=1S/C36H54N9O6P.C7H14O2.C2H6/c1-7-15-25(38-32(49)26-19-14-21-44(26)35(51)34(52)40-27(46)20-13-16-23(8-2)9-3)30(48)33(50)37-22-28(47)39-29(24-17-11-10-12-18-24)31-41-42-43-45(31)36(4,5)6;1-7(2)9-6-4-5-8-3;1-2/h8,10-12,17-18,25-26,29,34H,7,9,13-16,19-22,52H2,1-6H3,(H,37,50)(H,38,49)(H,39,47)(H,40,46);1,4-6H2,2-3H3;1-2H3/b23-8+;;/t25?,26-,29?,34-;;/m0../s1. The molecule has 2 heterocycles. The van der Waals surface area contributed by atoms with Gasteiger partial charge in [0.15, 0.2) is 5.82 Å². The van der Waals surface area contributed by atoms with Crippen molar-refractivity contribution in [3.8, 4) is 0 Å². The molecule has 5 atom stereocenters. The van der Waals surface area contributed by atoms with E-state index in [4.69, 9.17) is 9.47 Å². The second-order valence-electron chi connectivity index (χ2n) is 15.7. The number of tetrazole rings is 1. The summed E-state index contributed by atoms with van der Waals surface area (Å²) >= 11 is 0. The zero-order chi connectivity index (χ0) is 47.5. The number of likely N-dealkylation sites (tertiary alicyclic amines) is 1. The molecule has 1 aromatic carbocycles. The van der Waals surface area contributed by atoms with Gasteiger partial charge in [-0.3, -0.25) is 28.8 Å². The molecule has 0 bridgehead atoms. The lowest BCUT2D eigenvalue weighted by atomic mass is 10.0. The highest BCUT2D eigenvalue weighted by atomic mass is 31.0. The van der Waals surface area contributed by atoms with E-state index < -0.39 is 65.4 Å². The Kier molecular flexibility index (Phi) is 26.8. The van der Waals surface area contributed by atoms with E-state index in [0.717, 1.165) is 31.6 Å². The largest absolute Gasteiger partial charge is 0.499 e. The first-order chi connectivity index (χ1) is 30.0. The first-order valence-electron chi connectivity index (χ1n) is 22.0. The number of nitrogens with one attached hydrogen (secondary N) is 4. The SMILES string of the molecule is C/C=C(\CC)CCCC(=O)N[C@@H](P)C(=O)N1CCC[C@H]1C(=O)NC(CCC)C(=O)C(=O)NCC(=O)NC(c1ccccc1)c1nnnn1C(C)(C)C.C=C(C)OCCCOC.CC. The first-order valence-corrected chi connectivity index (χ1v) is 22.7. The van der Waals surface area contributed by atoms with Crippen molar-refractivity contribution in [2.24, 2.45) is 0 Å². The van der Waals surface area contributed by atoms with Crippen molar-refractivity contribution in [1.82, 2.24) is 46.4 Å². The van der Waals surface area contributed by atoms with Gasteiger partial charge in [-0.1, -0.05) is 82.7 Å². The number of ketones is 1. The van der Waals surface area contributed by atoms with Crippen LogP contribution in [0, 0.1) is 0 Å².